The van der Waals surface area contributed by atoms with Gasteiger partial charge in [0.2, 0.25) is 11.2 Å². The number of carbonyl (C=O) groups is 1. The lowest BCUT2D eigenvalue weighted by Gasteiger charge is -2.20. The van der Waals surface area contributed by atoms with E-state index in [1.807, 2.05) is 6.92 Å². The number of amides is 1. The average Bonchev–Trinajstić information content (AvgIpc) is 2.66. The van der Waals surface area contributed by atoms with E-state index in [1.54, 1.807) is 6.07 Å². The van der Waals surface area contributed by atoms with Crippen LogP contribution in [0.1, 0.15) is 13.3 Å². The summed E-state index contributed by atoms with van der Waals surface area (Å²) in [7, 11) is 0. The first-order chi connectivity index (χ1) is 7.60. The van der Waals surface area contributed by atoms with Crippen molar-refractivity contribution in [1.29, 1.82) is 0 Å². The fraction of sp³-hybridized carbons (Fsp3) is 0.500. The van der Waals surface area contributed by atoms with Gasteiger partial charge < -0.3 is 10.6 Å². The van der Waals surface area contributed by atoms with Crippen molar-refractivity contribution in [3.05, 3.63) is 17.5 Å². The fourth-order valence-electron chi connectivity index (χ4n) is 1.68. The summed E-state index contributed by atoms with van der Waals surface area (Å²) in [4.78, 5) is 19.7. The summed E-state index contributed by atoms with van der Waals surface area (Å²) in [6.45, 7) is 3.50. The van der Waals surface area contributed by atoms with Gasteiger partial charge in [-0.2, -0.15) is 0 Å². The highest BCUT2D eigenvalue weighted by Crippen LogP contribution is 2.25. The van der Waals surface area contributed by atoms with Gasteiger partial charge in [-0.1, -0.05) is 0 Å². The highest BCUT2D eigenvalue weighted by Gasteiger charge is 2.36. The molecular formula is C10H13ClN4O. The summed E-state index contributed by atoms with van der Waals surface area (Å²) in [5.41, 5.74) is -0.364. The van der Waals surface area contributed by atoms with E-state index < -0.39 is 0 Å². The number of aromatic nitrogens is 2. The smallest absolute Gasteiger partial charge is 0.232 e. The summed E-state index contributed by atoms with van der Waals surface area (Å²) in [5, 5.41) is 6.05. The molecule has 0 aromatic carbocycles. The van der Waals surface area contributed by atoms with Crippen molar-refractivity contribution >= 4 is 23.3 Å². The Morgan fingerprint density at radius 3 is 3.12 bits per heavy atom. The molecule has 1 saturated heterocycles. The topological polar surface area (TPSA) is 66.9 Å². The van der Waals surface area contributed by atoms with Crippen LogP contribution in [0.5, 0.6) is 0 Å². The Morgan fingerprint density at radius 2 is 2.50 bits per heavy atom. The Kier molecular flexibility index (Phi) is 3.07. The molecule has 1 aromatic heterocycles. The number of halogens is 1. The minimum absolute atomic E-state index is 0.0349. The summed E-state index contributed by atoms with van der Waals surface area (Å²) in [5.74, 6) is 0.408. The molecule has 1 amide bonds. The minimum Gasteiger partial charge on any atom is -0.316 e. The lowest BCUT2D eigenvalue weighted by Crippen LogP contribution is -2.35. The normalized spacial score (nSPS) is 24.4. The van der Waals surface area contributed by atoms with Crippen molar-refractivity contribution in [1.82, 2.24) is 15.3 Å². The number of nitrogens with one attached hydrogen (secondary N) is 2. The Bertz CT molecular complexity index is 404. The molecule has 2 heterocycles. The van der Waals surface area contributed by atoms with E-state index in [1.165, 1.54) is 6.20 Å². The second-order valence-electron chi connectivity index (χ2n) is 4.15. The van der Waals surface area contributed by atoms with Crippen molar-refractivity contribution in [3.8, 4) is 0 Å². The quantitative estimate of drug-likeness (QED) is 0.759. The lowest BCUT2D eigenvalue weighted by molar-refractivity contribution is -0.123. The first-order valence-corrected chi connectivity index (χ1v) is 5.49. The molecule has 5 nitrogen and oxygen atoms in total. The third-order valence-corrected chi connectivity index (χ3v) is 2.97. The first kappa shape index (κ1) is 11.3. The third-order valence-electron chi connectivity index (χ3n) is 2.78. The maximum Gasteiger partial charge on any atom is 0.232 e. The molecule has 1 aromatic rings. The van der Waals surface area contributed by atoms with Crippen molar-refractivity contribution in [2.75, 3.05) is 18.4 Å². The minimum atomic E-state index is -0.364. The number of carbonyl (C=O) groups excluding carboxylic acids is 1. The Balaban J connectivity index is 2.07. The number of nitrogens with zero attached hydrogens (tertiary/aromatic N) is 2. The Morgan fingerprint density at radius 1 is 1.69 bits per heavy atom. The molecule has 2 rings (SSSR count). The molecule has 86 valence electrons. The van der Waals surface area contributed by atoms with Crippen LogP contribution < -0.4 is 10.6 Å². The summed E-state index contributed by atoms with van der Waals surface area (Å²) in [6, 6.07) is 1.62. The largest absolute Gasteiger partial charge is 0.316 e. The molecule has 0 radical (unpaired) electrons. The van der Waals surface area contributed by atoms with Crippen LogP contribution in [-0.2, 0) is 4.79 Å². The second kappa shape index (κ2) is 4.35. The Hall–Kier alpha value is -1.20. The summed E-state index contributed by atoms with van der Waals surface area (Å²) in [6.07, 6.45) is 2.35. The summed E-state index contributed by atoms with van der Waals surface area (Å²) >= 11 is 5.64. The van der Waals surface area contributed by atoms with E-state index in [9.17, 15) is 4.79 Å². The number of rotatable bonds is 2. The van der Waals surface area contributed by atoms with Crippen LogP contribution in [0.2, 0.25) is 5.28 Å². The molecule has 1 atom stereocenters. The van der Waals surface area contributed by atoms with E-state index in [0.29, 0.717) is 12.4 Å². The fourth-order valence-corrected chi connectivity index (χ4v) is 1.83. The number of anilines is 1. The van der Waals surface area contributed by atoms with Gasteiger partial charge in [0.15, 0.2) is 0 Å². The Labute approximate surface area is 98.6 Å². The van der Waals surface area contributed by atoms with Gasteiger partial charge >= 0.3 is 0 Å². The third kappa shape index (κ3) is 2.31. The molecule has 0 aliphatic carbocycles. The highest BCUT2D eigenvalue weighted by molar-refractivity contribution is 6.28. The lowest BCUT2D eigenvalue weighted by atomic mass is 9.89. The van der Waals surface area contributed by atoms with E-state index in [0.717, 1.165) is 13.0 Å². The van der Waals surface area contributed by atoms with Crippen LogP contribution in [0.25, 0.3) is 0 Å². The van der Waals surface area contributed by atoms with E-state index >= 15 is 0 Å². The average molecular weight is 241 g/mol. The summed E-state index contributed by atoms with van der Waals surface area (Å²) < 4.78 is 0. The molecular weight excluding hydrogens is 228 g/mol. The maximum absolute atomic E-state index is 12.0. The van der Waals surface area contributed by atoms with Gasteiger partial charge in [-0.05, 0) is 37.6 Å². The van der Waals surface area contributed by atoms with Crippen LogP contribution >= 0.6 is 11.6 Å². The van der Waals surface area contributed by atoms with Gasteiger partial charge in [0.05, 0.1) is 5.41 Å². The zero-order chi connectivity index (χ0) is 11.6. The second-order valence-corrected chi connectivity index (χ2v) is 4.49. The van der Waals surface area contributed by atoms with Crippen LogP contribution in [0.3, 0.4) is 0 Å². The molecule has 0 bridgehead atoms. The van der Waals surface area contributed by atoms with Crippen molar-refractivity contribution in [2.24, 2.45) is 5.41 Å². The molecule has 16 heavy (non-hydrogen) atoms. The van der Waals surface area contributed by atoms with Gasteiger partial charge in [-0.25, -0.2) is 9.97 Å². The van der Waals surface area contributed by atoms with E-state index in [2.05, 4.69) is 20.6 Å². The predicted octanol–water partition coefficient (Wildman–Crippen LogP) is 1.07. The monoisotopic (exact) mass is 240 g/mol. The molecule has 0 saturated carbocycles. The molecule has 2 N–H and O–H groups in total. The molecule has 1 aliphatic rings. The van der Waals surface area contributed by atoms with Crippen LogP contribution in [-0.4, -0.2) is 29.0 Å². The van der Waals surface area contributed by atoms with Gasteiger partial charge in [0.1, 0.15) is 5.82 Å². The maximum atomic E-state index is 12.0. The van der Waals surface area contributed by atoms with Crippen LogP contribution in [0.4, 0.5) is 5.82 Å². The number of hydrogen-bond donors (Lipinski definition) is 2. The van der Waals surface area contributed by atoms with Gasteiger partial charge in [-0.15, -0.1) is 0 Å². The standard InChI is InChI=1S/C10H13ClN4O/c1-10(3-5-12-6-10)8(16)14-7-2-4-13-9(11)15-7/h2,4,12H,3,5-6H2,1H3,(H,13,14,15,16). The molecule has 1 unspecified atom stereocenters. The predicted molar refractivity (Wildman–Crippen MR) is 61.3 cm³/mol. The molecule has 0 spiro atoms. The van der Waals surface area contributed by atoms with E-state index in [4.69, 9.17) is 11.6 Å². The molecule has 1 fully saturated rings. The number of hydrogen-bond acceptors (Lipinski definition) is 4. The molecule has 6 heteroatoms. The van der Waals surface area contributed by atoms with Crippen molar-refractivity contribution in [3.63, 3.8) is 0 Å². The first-order valence-electron chi connectivity index (χ1n) is 5.11. The van der Waals surface area contributed by atoms with Crippen LogP contribution in [0, 0.1) is 5.41 Å². The van der Waals surface area contributed by atoms with Crippen LogP contribution in [0.15, 0.2) is 12.3 Å². The zero-order valence-electron chi connectivity index (χ0n) is 8.96. The van der Waals surface area contributed by atoms with Crippen molar-refractivity contribution in [2.45, 2.75) is 13.3 Å². The zero-order valence-corrected chi connectivity index (χ0v) is 9.71. The van der Waals surface area contributed by atoms with Gasteiger partial charge in [0.25, 0.3) is 0 Å². The van der Waals surface area contributed by atoms with Gasteiger partial charge in [0, 0.05) is 12.7 Å². The van der Waals surface area contributed by atoms with Crippen molar-refractivity contribution < 1.29 is 4.79 Å². The highest BCUT2D eigenvalue weighted by atomic mass is 35.5. The molecule has 1 aliphatic heterocycles. The van der Waals surface area contributed by atoms with Gasteiger partial charge in [-0.3, -0.25) is 4.79 Å². The SMILES string of the molecule is CC1(C(=O)Nc2ccnc(Cl)n2)CCNC1. The van der Waals surface area contributed by atoms with E-state index in [-0.39, 0.29) is 16.6 Å².